The van der Waals surface area contributed by atoms with Crippen LogP contribution in [0.15, 0.2) is 150 Å². The molecule has 2 heterocycles. The molecule has 0 saturated carbocycles. The van der Waals surface area contributed by atoms with Crippen molar-refractivity contribution in [1.82, 2.24) is 15.0 Å². The summed E-state index contributed by atoms with van der Waals surface area (Å²) < 4.78 is 6.21. The van der Waals surface area contributed by atoms with Crippen LogP contribution in [0.25, 0.3) is 88.8 Å². The van der Waals surface area contributed by atoms with Crippen molar-refractivity contribution in [3.8, 4) is 51.4 Å². The lowest BCUT2D eigenvalue weighted by atomic mass is 9.90. The van der Waals surface area contributed by atoms with E-state index in [1.807, 2.05) is 91.0 Å². The number of aromatic nitrogens is 3. The van der Waals surface area contributed by atoms with Gasteiger partial charge in [0.25, 0.3) is 0 Å². The summed E-state index contributed by atoms with van der Waals surface area (Å²) in [5.74, 6) is 1.75. The Morgan fingerprint density at radius 3 is 1.83 bits per heavy atom. The molecule has 0 amide bonds. The van der Waals surface area contributed by atoms with E-state index in [4.69, 9.17) is 19.4 Å². The lowest BCUT2D eigenvalue weighted by molar-refractivity contribution is 0.669. The Morgan fingerprint density at radius 1 is 0.426 bits per heavy atom. The summed E-state index contributed by atoms with van der Waals surface area (Å²) >= 11 is 0. The first kappa shape index (κ1) is 26.7. The van der Waals surface area contributed by atoms with Crippen LogP contribution in [0.2, 0.25) is 0 Å². The zero-order valence-electron chi connectivity index (χ0n) is 25.1. The molecule has 5 nitrogen and oxygen atoms in total. The summed E-state index contributed by atoms with van der Waals surface area (Å²) in [5.41, 5.74) is 7.01. The molecule has 0 radical (unpaired) electrons. The fourth-order valence-corrected chi connectivity index (χ4v) is 6.69. The fraction of sp³-hybridized carbons (Fsp3) is 0. The second kappa shape index (κ2) is 10.8. The summed E-state index contributed by atoms with van der Waals surface area (Å²) in [6.45, 7) is 0. The zero-order valence-corrected chi connectivity index (χ0v) is 25.1. The number of fused-ring (bicyclic) bond motifs is 5. The molecule has 0 bridgehead atoms. The molecule has 0 unspecified atom stereocenters. The molecule has 9 rings (SSSR count). The molecule has 0 atom stereocenters. The molecular weight excluding hydrogens is 576 g/mol. The topological polar surface area (TPSA) is 75.6 Å². The smallest absolute Gasteiger partial charge is 0.164 e. The molecule has 0 aliphatic carbocycles. The van der Waals surface area contributed by atoms with Gasteiger partial charge in [-0.15, -0.1) is 0 Å². The molecule has 0 fully saturated rings. The van der Waals surface area contributed by atoms with E-state index >= 15 is 0 Å². The first-order valence-corrected chi connectivity index (χ1v) is 15.4. The molecule has 0 saturated heterocycles. The first-order chi connectivity index (χ1) is 23.3. The normalized spacial score (nSPS) is 11.4. The Hall–Kier alpha value is -6.64. The molecule has 0 aliphatic heterocycles. The SMILES string of the molecule is N#Cc1cccc2cccc(-c3cccc4c(-c5nc(-c6ccccc6)nc(-c6cccc7oc8ccccc8c67)n5)cccc34)c12. The van der Waals surface area contributed by atoms with Gasteiger partial charge in [0.2, 0.25) is 0 Å². The van der Waals surface area contributed by atoms with Crippen molar-refractivity contribution < 1.29 is 4.42 Å². The highest BCUT2D eigenvalue weighted by Gasteiger charge is 2.19. The molecule has 0 spiro atoms. The first-order valence-electron chi connectivity index (χ1n) is 15.4. The van der Waals surface area contributed by atoms with E-state index in [0.29, 0.717) is 23.0 Å². The largest absolute Gasteiger partial charge is 0.456 e. The molecule has 218 valence electrons. The van der Waals surface area contributed by atoms with Crippen molar-refractivity contribution >= 4 is 43.5 Å². The van der Waals surface area contributed by atoms with Crippen LogP contribution in [-0.2, 0) is 0 Å². The van der Waals surface area contributed by atoms with Gasteiger partial charge in [-0.05, 0) is 45.5 Å². The molecule has 0 aliphatic rings. The van der Waals surface area contributed by atoms with E-state index in [-0.39, 0.29) is 0 Å². The number of para-hydroxylation sites is 1. The molecule has 2 aromatic heterocycles. The third-order valence-corrected chi connectivity index (χ3v) is 8.79. The Balaban J connectivity index is 1.31. The Kier molecular flexibility index (Phi) is 6.12. The molecular formula is C42H24N4O. The predicted octanol–water partition coefficient (Wildman–Crippen LogP) is 10.6. The van der Waals surface area contributed by atoms with E-state index < -0.39 is 0 Å². The Labute approximate surface area is 270 Å². The summed E-state index contributed by atoms with van der Waals surface area (Å²) in [6.07, 6.45) is 0. The minimum absolute atomic E-state index is 0.576. The van der Waals surface area contributed by atoms with Gasteiger partial charge in [-0.1, -0.05) is 127 Å². The van der Waals surface area contributed by atoms with Crippen molar-refractivity contribution in [2.75, 3.05) is 0 Å². The van der Waals surface area contributed by atoms with Crippen LogP contribution >= 0.6 is 0 Å². The van der Waals surface area contributed by atoms with E-state index in [1.165, 1.54) is 0 Å². The van der Waals surface area contributed by atoms with Crippen LogP contribution < -0.4 is 0 Å². The highest BCUT2D eigenvalue weighted by atomic mass is 16.3. The highest BCUT2D eigenvalue weighted by Crippen LogP contribution is 2.40. The maximum absolute atomic E-state index is 9.99. The summed E-state index contributed by atoms with van der Waals surface area (Å²) in [6, 6.07) is 51.1. The van der Waals surface area contributed by atoms with E-state index in [2.05, 4.69) is 60.7 Å². The van der Waals surface area contributed by atoms with Gasteiger partial charge in [0.1, 0.15) is 11.2 Å². The lowest BCUT2D eigenvalue weighted by Gasteiger charge is -2.14. The number of furan rings is 1. The van der Waals surface area contributed by atoms with Gasteiger partial charge < -0.3 is 4.42 Å². The number of hydrogen-bond donors (Lipinski definition) is 0. The second-order valence-corrected chi connectivity index (χ2v) is 11.5. The van der Waals surface area contributed by atoms with E-state index in [9.17, 15) is 5.26 Å². The maximum Gasteiger partial charge on any atom is 0.164 e. The van der Waals surface area contributed by atoms with Gasteiger partial charge in [-0.25, -0.2) is 15.0 Å². The molecule has 9 aromatic rings. The summed E-state index contributed by atoms with van der Waals surface area (Å²) in [7, 11) is 0. The van der Waals surface area contributed by atoms with Gasteiger partial charge in [-0.3, -0.25) is 0 Å². The number of benzene rings is 7. The second-order valence-electron chi connectivity index (χ2n) is 11.5. The number of nitrogens with zero attached hydrogens (tertiary/aromatic N) is 4. The Bertz CT molecular complexity index is 2700. The van der Waals surface area contributed by atoms with E-state index in [0.717, 1.165) is 71.3 Å². The fourth-order valence-electron chi connectivity index (χ4n) is 6.69. The van der Waals surface area contributed by atoms with Gasteiger partial charge in [0.15, 0.2) is 17.5 Å². The number of rotatable bonds is 4. The number of hydrogen-bond acceptors (Lipinski definition) is 5. The monoisotopic (exact) mass is 600 g/mol. The minimum atomic E-state index is 0.576. The van der Waals surface area contributed by atoms with Crippen molar-refractivity contribution in [2.45, 2.75) is 0 Å². The zero-order chi connectivity index (χ0) is 31.3. The quantitative estimate of drug-likeness (QED) is 0.201. The minimum Gasteiger partial charge on any atom is -0.456 e. The Morgan fingerprint density at radius 2 is 1.00 bits per heavy atom. The maximum atomic E-state index is 9.99. The van der Waals surface area contributed by atoms with Gasteiger partial charge in [0.05, 0.1) is 11.6 Å². The van der Waals surface area contributed by atoms with Crippen LogP contribution in [0.4, 0.5) is 0 Å². The summed E-state index contributed by atoms with van der Waals surface area (Å²) in [4.78, 5) is 15.3. The van der Waals surface area contributed by atoms with E-state index in [1.54, 1.807) is 0 Å². The van der Waals surface area contributed by atoms with Gasteiger partial charge in [0, 0.05) is 32.8 Å². The predicted molar refractivity (Wildman–Crippen MR) is 189 cm³/mol. The lowest BCUT2D eigenvalue weighted by Crippen LogP contribution is -2.01. The third kappa shape index (κ3) is 4.35. The average Bonchev–Trinajstić information content (AvgIpc) is 3.53. The molecule has 47 heavy (non-hydrogen) atoms. The van der Waals surface area contributed by atoms with Crippen LogP contribution in [0.5, 0.6) is 0 Å². The average molecular weight is 601 g/mol. The van der Waals surface area contributed by atoms with Crippen LogP contribution in [0, 0.1) is 11.3 Å². The third-order valence-electron chi connectivity index (χ3n) is 8.79. The van der Waals surface area contributed by atoms with Crippen molar-refractivity contribution in [3.63, 3.8) is 0 Å². The number of nitriles is 1. The molecule has 5 heteroatoms. The van der Waals surface area contributed by atoms with Crippen LogP contribution in [0.1, 0.15) is 5.56 Å². The standard InChI is InChI=1S/C42H24N4O/c43-25-28-15-6-13-26-14-7-20-32(38(26)28)30-18-8-19-31-29(30)17-9-21-33(31)41-44-40(27-11-2-1-3-12-27)45-42(46-41)35-22-10-24-37-39(35)34-16-4-5-23-36(34)47-37/h1-24H. The molecule has 7 aromatic carbocycles. The molecule has 0 N–H and O–H groups in total. The van der Waals surface area contributed by atoms with Crippen molar-refractivity contribution in [3.05, 3.63) is 151 Å². The van der Waals surface area contributed by atoms with Gasteiger partial charge >= 0.3 is 0 Å². The van der Waals surface area contributed by atoms with Crippen LogP contribution in [-0.4, -0.2) is 15.0 Å². The van der Waals surface area contributed by atoms with Crippen LogP contribution in [0.3, 0.4) is 0 Å². The van der Waals surface area contributed by atoms with Gasteiger partial charge in [-0.2, -0.15) is 5.26 Å². The van der Waals surface area contributed by atoms with Crippen molar-refractivity contribution in [2.24, 2.45) is 0 Å². The highest BCUT2D eigenvalue weighted by molar-refractivity contribution is 6.12. The summed E-state index contributed by atoms with van der Waals surface area (Å²) in [5, 5.41) is 16.0. The van der Waals surface area contributed by atoms with Crippen molar-refractivity contribution in [1.29, 1.82) is 5.26 Å².